The van der Waals surface area contributed by atoms with Crippen LogP contribution < -0.4 is 5.56 Å². The summed E-state index contributed by atoms with van der Waals surface area (Å²) in [5.74, 6) is 0.686. The molecule has 114 valence electrons. The second-order valence-corrected chi connectivity index (χ2v) is 5.09. The maximum Gasteiger partial charge on any atom is 0.264 e. The SMILES string of the molecule is COCCCn1c(C)nc2c(cnn2-c2ccccc2)c1=O. The lowest BCUT2D eigenvalue weighted by molar-refractivity contribution is 0.189. The Labute approximate surface area is 128 Å². The van der Waals surface area contributed by atoms with Gasteiger partial charge >= 0.3 is 0 Å². The van der Waals surface area contributed by atoms with Crippen LogP contribution in [0.2, 0.25) is 0 Å². The van der Waals surface area contributed by atoms with Crippen molar-refractivity contribution < 1.29 is 4.74 Å². The minimum absolute atomic E-state index is 0.0548. The van der Waals surface area contributed by atoms with Gasteiger partial charge in [-0.05, 0) is 25.5 Å². The van der Waals surface area contributed by atoms with E-state index < -0.39 is 0 Å². The Kier molecular flexibility index (Phi) is 4.02. The summed E-state index contributed by atoms with van der Waals surface area (Å²) in [6.07, 6.45) is 2.36. The van der Waals surface area contributed by atoms with E-state index in [1.54, 1.807) is 22.6 Å². The monoisotopic (exact) mass is 298 g/mol. The summed E-state index contributed by atoms with van der Waals surface area (Å²) in [5, 5.41) is 4.86. The number of hydrogen-bond acceptors (Lipinski definition) is 4. The molecule has 22 heavy (non-hydrogen) atoms. The fraction of sp³-hybridized carbons (Fsp3) is 0.312. The van der Waals surface area contributed by atoms with E-state index in [-0.39, 0.29) is 5.56 Å². The highest BCUT2D eigenvalue weighted by molar-refractivity contribution is 5.75. The highest BCUT2D eigenvalue weighted by Crippen LogP contribution is 2.14. The molecule has 0 aliphatic carbocycles. The zero-order valence-electron chi connectivity index (χ0n) is 12.7. The zero-order chi connectivity index (χ0) is 15.5. The van der Waals surface area contributed by atoms with Gasteiger partial charge in [-0.2, -0.15) is 5.10 Å². The molecule has 3 aromatic rings. The Morgan fingerprint density at radius 1 is 1.23 bits per heavy atom. The van der Waals surface area contributed by atoms with Crippen molar-refractivity contribution in [2.45, 2.75) is 19.9 Å². The fourth-order valence-corrected chi connectivity index (χ4v) is 2.49. The van der Waals surface area contributed by atoms with Crippen LogP contribution in [0.3, 0.4) is 0 Å². The fourth-order valence-electron chi connectivity index (χ4n) is 2.49. The third kappa shape index (κ3) is 2.53. The summed E-state index contributed by atoms with van der Waals surface area (Å²) in [4.78, 5) is 17.2. The van der Waals surface area contributed by atoms with E-state index in [9.17, 15) is 4.79 Å². The van der Waals surface area contributed by atoms with E-state index in [0.717, 1.165) is 12.1 Å². The summed E-state index contributed by atoms with van der Waals surface area (Å²) in [5.41, 5.74) is 1.43. The first kappa shape index (κ1) is 14.5. The van der Waals surface area contributed by atoms with Crippen molar-refractivity contribution in [3.8, 4) is 5.69 Å². The lowest BCUT2D eigenvalue weighted by Gasteiger charge is -2.09. The number of ether oxygens (including phenoxy) is 1. The number of methoxy groups -OCH3 is 1. The molecule has 0 aliphatic rings. The van der Waals surface area contributed by atoms with Crippen LogP contribution in [0.5, 0.6) is 0 Å². The average Bonchev–Trinajstić information content (AvgIpc) is 2.95. The van der Waals surface area contributed by atoms with E-state index in [0.29, 0.717) is 30.0 Å². The average molecular weight is 298 g/mol. The lowest BCUT2D eigenvalue weighted by Crippen LogP contribution is -2.24. The Balaban J connectivity index is 2.09. The minimum Gasteiger partial charge on any atom is -0.385 e. The summed E-state index contributed by atoms with van der Waals surface area (Å²) in [6, 6.07) is 9.68. The number of aryl methyl sites for hydroxylation is 1. The third-order valence-corrected chi connectivity index (χ3v) is 3.61. The molecular formula is C16H18N4O2. The van der Waals surface area contributed by atoms with Crippen molar-refractivity contribution in [3.63, 3.8) is 0 Å². The van der Waals surface area contributed by atoms with E-state index in [1.165, 1.54) is 0 Å². The second kappa shape index (κ2) is 6.11. The predicted octanol–water partition coefficient (Wildman–Crippen LogP) is 1.93. The van der Waals surface area contributed by atoms with Crippen LogP contribution >= 0.6 is 0 Å². The summed E-state index contributed by atoms with van der Waals surface area (Å²) in [7, 11) is 1.65. The van der Waals surface area contributed by atoms with Crippen LogP contribution in [0.1, 0.15) is 12.2 Å². The maximum absolute atomic E-state index is 12.6. The van der Waals surface area contributed by atoms with Crippen molar-refractivity contribution in [2.75, 3.05) is 13.7 Å². The number of hydrogen-bond donors (Lipinski definition) is 0. The summed E-state index contributed by atoms with van der Waals surface area (Å²) >= 11 is 0. The molecule has 6 nitrogen and oxygen atoms in total. The quantitative estimate of drug-likeness (QED) is 0.675. The number of aromatic nitrogens is 4. The lowest BCUT2D eigenvalue weighted by atomic mass is 10.3. The Bertz CT molecular complexity index is 836. The molecule has 2 heterocycles. The molecule has 0 saturated heterocycles. The van der Waals surface area contributed by atoms with Gasteiger partial charge in [-0.3, -0.25) is 9.36 Å². The topological polar surface area (TPSA) is 61.9 Å². The Hall–Kier alpha value is -2.47. The Morgan fingerprint density at radius 2 is 2.00 bits per heavy atom. The summed E-state index contributed by atoms with van der Waals surface area (Å²) < 4.78 is 8.42. The number of rotatable bonds is 5. The Morgan fingerprint density at radius 3 is 2.73 bits per heavy atom. The highest BCUT2D eigenvalue weighted by atomic mass is 16.5. The van der Waals surface area contributed by atoms with Crippen molar-refractivity contribution in [2.24, 2.45) is 0 Å². The second-order valence-electron chi connectivity index (χ2n) is 5.09. The molecule has 0 spiro atoms. The van der Waals surface area contributed by atoms with Gasteiger partial charge < -0.3 is 4.74 Å². The predicted molar refractivity (Wildman–Crippen MR) is 84.4 cm³/mol. The largest absolute Gasteiger partial charge is 0.385 e. The molecule has 0 radical (unpaired) electrons. The molecular weight excluding hydrogens is 280 g/mol. The molecule has 0 fully saturated rings. The molecule has 0 aliphatic heterocycles. The molecule has 1 aromatic carbocycles. The van der Waals surface area contributed by atoms with Gasteiger partial charge in [0, 0.05) is 20.3 Å². The molecule has 0 unspecified atom stereocenters. The highest BCUT2D eigenvalue weighted by Gasteiger charge is 2.13. The molecule has 3 rings (SSSR count). The first-order valence-corrected chi connectivity index (χ1v) is 7.22. The van der Waals surface area contributed by atoms with Crippen molar-refractivity contribution in [3.05, 3.63) is 52.7 Å². The first-order chi connectivity index (χ1) is 10.7. The normalized spacial score (nSPS) is 11.2. The van der Waals surface area contributed by atoms with Crippen LogP contribution in [0.4, 0.5) is 0 Å². The van der Waals surface area contributed by atoms with Crippen LogP contribution in [-0.4, -0.2) is 33.0 Å². The third-order valence-electron chi connectivity index (χ3n) is 3.61. The molecule has 0 saturated carbocycles. The van der Waals surface area contributed by atoms with E-state index >= 15 is 0 Å². The molecule has 0 N–H and O–H groups in total. The minimum atomic E-state index is -0.0548. The van der Waals surface area contributed by atoms with Crippen molar-refractivity contribution in [1.29, 1.82) is 0 Å². The van der Waals surface area contributed by atoms with Crippen molar-refractivity contribution in [1.82, 2.24) is 19.3 Å². The van der Waals surface area contributed by atoms with Crippen LogP contribution in [0.15, 0.2) is 41.3 Å². The van der Waals surface area contributed by atoms with E-state index in [4.69, 9.17) is 4.74 Å². The van der Waals surface area contributed by atoms with E-state index in [2.05, 4.69) is 10.1 Å². The van der Waals surface area contributed by atoms with Crippen LogP contribution in [0, 0.1) is 6.92 Å². The molecule has 6 heteroatoms. The molecule has 0 bridgehead atoms. The standard InChI is InChI=1S/C16H18N4O2/c1-12-18-15-14(16(21)19(12)9-6-10-22-2)11-17-20(15)13-7-4-3-5-8-13/h3-5,7-8,11H,6,9-10H2,1-2H3. The first-order valence-electron chi connectivity index (χ1n) is 7.22. The molecule has 0 atom stereocenters. The van der Waals surface area contributed by atoms with Crippen LogP contribution in [-0.2, 0) is 11.3 Å². The zero-order valence-corrected chi connectivity index (χ0v) is 12.7. The van der Waals surface area contributed by atoms with E-state index in [1.807, 2.05) is 37.3 Å². The van der Waals surface area contributed by atoms with Gasteiger partial charge in [0.1, 0.15) is 11.2 Å². The van der Waals surface area contributed by atoms with Gasteiger partial charge in [-0.1, -0.05) is 18.2 Å². The summed E-state index contributed by atoms with van der Waals surface area (Å²) in [6.45, 7) is 3.06. The number of fused-ring (bicyclic) bond motifs is 1. The van der Waals surface area contributed by atoms with Crippen molar-refractivity contribution >= 4 is 11.0 Å². The molecule has 0 amide bonds. The number of nitrogens with zero attached hydrogens (tertiary/aromatic N) is 4. The molecule has 2 aromatic heterocycles. The van der Waals surface area contributed by atoms with Crippen LogP contribution in [0.25, 0.3) is 16.7 Å². The maximum atomic E-state index is 12.6. The van der Waals surface area contributed by atoms with Gasteiger partial charge in [0.15, 0.2) is 5.65 Å². The smallest absolute Gasteiger partial charge is 0.264 e. The van der Waals surface area contributed by atoms with Gasteiger partial charge in [-0.25, -0.2) is 9.67 Å². The van der Waals surface area contributed by atoms with Gasteiger partial charge in [0.2, 0.25) is 0 Å². The van der Waals surface area contributed by atoms with Gasteiger partial charge in [-0.15, -0.1) is 0 Å². The van der Waals surface area contributed by atoms with Gasteiger partial charge in [0.05, 0.1) is 11.9 Å². The van der Waals surface area contributed by atoms with Gasteiger partial charge in [0.25, 0.3) is 5.56 Å². The number of benzene rings is 1. The number of para-hydroxylation sites is 1.